The standard InChI is InChI=1S/C25H21Cl2N3O2/c1-3-32-24-14-23(16-5-7-17(26)8-6-16)29-21-11-9-18(13-19(21)24)28-25(31)30-22-10-4-15(2)12-20(22)27/h4-14H,3H2,1-2H3,(H2,28,30,31). The molecular formula is C25H21Cl2N3O2. The minimum atomic E-state index is -0.390. The van der Waals surface area contributed by atoms with Crippen molar-refractivity contribution >= 4 is 51.5 Å². The van der Waals surface area contributed by atoms with Gasteiger partial charge in [-0.3, -0.25) is 0 Å². The van der Waals surface area contributed by atoms with Crippen molar-refractivity contribution in [3.63, 3.8) is 0 Å². The molecule has 0 unspecified atom stereocenters. The molecule has 0 atom stereocenters. The van der Waals surface area contributed by atoms with Crippen molar-refractivity contribution < 1.29 is 9.53 Å². The molecule has 4 rings (SSSR count). The van der Waals surface area contributed by atoms with Crippen LogP contribution < -0.4 is 15.4 Å². The number of rotatable bonds is 5. The molecule has 1 heterocycles. The molecule has 0 aliphatic carbocycles. The molecular weight excluding hydrogens is 445 g/mol. The van der Waals surface area contributed by atoms with Gasteiger partial charge in [0, 0.05) is 27.7 Å². The van der Waals surface area contributed by atoms with Gasteiger partial charge in [-0.25, -0.2) is 9.78 Å². The van der Waals surface area contributed by atoms with Gasteiger partial charge in [-0.1, -0.05) is 41.4 Å². The first-order valence-electron chi connectivity index (χ1n) is 10.1. The van der Waals surface area contributed by atoms with Crippen LogP contribution in [0.15, 0.2) is 66.7 Å². The minimum Gasteiger partial charge on any atom is -0.493 e. The molecule has 0 radical (unpaired) electrons. The molecule has 2 amide bonds. The summed E-state index contributed by atoms with van der Waals surface area (Å²) < 4.78 is 5.88. The zero-order valence-electron chi connectivity index (χ0n) is 17.6. The van der Waals surface area contributed by atoms with Gasteiger partial charge < -0.3 is 15.4 Å². The van der Waals surface area contributed by atoms with Crippen molar-refractivity contribution in [3.05, 3.63) is 82.3 Å². The molecule has 3 aromatic carbocycles. The van der Waals surface area contributed by atoms with Crippen LogP contribution in [0.5, 0.6) is 5.75 Å². The van der Waals surface area contributed by atoms with Crippen molar-refractivity contribution in [2.24, 2.45) is 0 Å². The second-order valence-electron chi connectivity index (χ2n) is 7.24. The van der Waals surface area contributed by atoms with Crippen LogP contribution in [0.1, 0.15) is 12.5 Å². The van der Waals surface area contributed by atoms with E-state index in [1.807, 2.05) is 62.4 Å². The number of benzene rings is 3. The van der Waals surface area contributed by atoms with Gasteiger partial charge in [0.2, 0.25) is 0 Å². The van der Waals surface area contributed by atoms with Gasteiger partial charge in [-0.2, -0.15) is 0 Å². The van der Waals surface area contributed by atoms with Crippen LogP contribution in [0.4, 0.5) is 16.2 Å². The monoisotopic (exact) mass is 465 g/mol. The molecule has 4 aromatic rings. The lowest BCUT2D eigenvalue weighted by molar-refractivity contribution is 0.262. The number of hydrogen-bond acceptors (Lipinski definition) is 3. The van der Waals surface area contributed by atoms with E-state index in [1.165, 1.54) is 0 Å². The first-order chi connectivity index (χ1) is 15.4. The summed E-state index contributed by atoms with van der Waals surface area (Å²) in [6, 6.07) is 19.9. The fourth-order valence-electron chi connectivity index (χ4n) is 3.32. The lowest BCUT2D eigenvalue weighted by atomic mass is 10.1. The highest BCUT2D eigenvalue weighted by Crippen LogP contribution is 2.32. The second kappa shape index (κ2) is 9.47. The molecule has 0 bridgehead atoms. The summed E-state index contributed by atoms with van der Waals surface area (Å²) in [5.74, 6) is 0.688. The van der Waals surface area contributed by atoms with E-state index in [0.29, 0.717) is 33.8 Å². The molecule has 0 fully saturated rings. The van der Waals surface area contributed by atoms with Crippen molar-refractivity contribution in [2.75, 3.05) is 17.2 Å². The van der Waals surface area contributed by atoms with Gasteiger partial charge >= 0.3 is 6.03 Å². The van der Waals surface area contributed by atoms with E-state index in [9.17, 15) is 4.79 Å². The number of anilines is 2. The molecule has 2 N–H and O–H groups in total. The summed E-state index contributed by atoms with van der Waals surface area (Å²) >= 11 is 12.2. The van der Waals surface area contributed by atoms with E-state index in [4.69, 9.17) is 32.9 Å². The van der Waals surface area contributed by atoms with Crippen LogP contribution in [-0.4, -0.2) is 17.6 Å². The van der Waals surface area contributed by atoms with Gasteiger partial charge in [0.25, 0.3) is 0 Å². The summed E-state index contributed by atoms with van der Waals surface area (Å²) in [7, 11) is 0. The van der Waals surface area contributed by atoms with Gasteiger partial charge in [0.15, 0.2) is 0 Å². The average molecular weight is 466 g/mol. The van der Waals surface area contributed by atoms with E-state index in [2.05, 4.69) is 10.6 Å². The summed E-state index contributed by atoms with van der Waals surface area (Å²) in [5, 5.41) is 7.56. The topological polar surface area (TPSA) is 63.2 Å². The number of aryl methyl sites for hydroxylation is 1. The Bertz CT molecular complexity index is 1290. The van der Waals surface area contributed by atoms with E-state index in [0.717, 1.165) is 27.7 Å². The van der Waals surface area contributed by atoms with Crippen molar-refractivity contribution in [1.82, 2.24) is 4.98 Å². The molecule has 0 saturated heterocycles. The van der Waals surface area contributed by atoms with E-state index >= 15 is 0 Å². The van der Waals surface area contributed by atoms with Crippen molar-refractivity contribution in [1.29, 1.82) is 0 Å². The molecule has 0 spiro atoms. The first-order valence-corrected chi connectivity index (χ1v) is 10.9. The quantitative estimate of drug-likeness (QED) is 0.319. The molecule has 1 aromatic heterocycles. The van der Waals surface area contributed by atoms with Crippen LogP contribution in [0, 0.1) is 6.92 Å². The lowest BCUT2D eigenvalue weighted by Crippen LogP contribution is -2.19. The third-order valence-corrected chi connectivity index (χ3v) is 5.41. The number of amides is 2. The highest BCUT2D eigenvalue weighted by Gasteiger charge is 2.12. The summed E-state index contributed by atoms with van der Waals surface area (Å²) in [6.45, 7) is 4.37. The van der Waals surface area contributed by atoms with Gasteiger partial charge in [0.05, 0.1) is 28.5 Å². The normalized spacial score (nSPS) is 10.8. The SMILES string of the molecule is CCOc1cc(-c2ccc(Cl)cc2)nc2ccc(NC(=O)Nc3ccc(C)cc3Cl)cc12. The van der Waals surface area contributed by atoms with Crippen molar-refractivity contribution in [3.8, 4) is 17.0 Å². The van der Waals surface area contributed by atoms with Crippen LogP contribution in [0.2, 0.25) is 10.0 Å². The first kappa shape index (κ1) is 21.9. The Kier molecular flexibility index (Phi) is 6.49. The van der Waals surface area contributed by atoms with E-state index in [1.54, 1.807) is 18.2 Å². The predicted octanol–water partition coefficient (Wildman–Crippen LogP) is 7.56. The van der Waals surface area contributed by atoms with Crippen LogP contribution >= 0.6 is 23.2 Å². The summed E-state index contributed by atoms with van der Waals surface area (Å²) in [4.78, 5) is 17.3. The third-order valence-electron chi connectivity index (χ3n) is 4.84. The maximum atomic E-state index is 12.5. The molecule has 162 valence electrons. The molecule has 0 aliphatic heterocycles. The number of hydrogen-bond donors (Lipinski definition) is 2. The fraction of sp³-hybridized carbons (Fsp3) is 0.120. The number of nitrogens with one attached hydrogen (secondary N) is 2. The Hall–Kier alpha value is -3.28. The third kappa shape index (κ3) is 4.96. The Balaban J connectivity index is 1.62. The number of halogens is 2. The highest BCUT2D eigenvalue weighted by molar-refractivity contribution is 6.33. The summed E-state index contributed by atoms with van der Waals surface area (Å²) in [6.07, 6.45) is 0. The van der Waals surface area contributed by atoms with Crippen LogP contribution in [0.25, 0.3) is 22.2 Å². The number of nitrogens with zero attached hydrogens (tertiary/aromatic N) is 1. The zero-order valence-corrected chi connectivity index (χ0v) is 19.1. The highest BCUT2D eigenvalue weighted by atomic mass is 35.5. The lowest BCUT2D eigenvalue weighted by Gasteiger charge is -2.13. The molecule has 32 heavy (non-hydrogen) atoms. The Labute approximate surface area is 196 Å². The smallest absolute Gasteiger partial charge is 0.323 e. The summed E-state index contributed by atoms with van der Waals surface area (Å²) in [5.41, 5.74) is 4.65. The van der Waals surface area contributed by atoms with E-state index in [-0.39, 0.29) is 6.03 Å². The molecule has 7 heteroatoms. The predicted molar refractivity (Wildman–Crippen MR) is 132 cm³/mol. The molecule has 5 nitrogen and oxygen atoms in total. The van der Waals surface area contributed by atoms with Gasteiger partial charge in [-0.15, -0.1) is 0 Å². The number of ether oxygens (including phenoxy) is 1. The van der Waals surface area contributed by atoms with Crippen LogP contribution in [0.3, 0.4) is 0 Å². The Morgan fingerprint density at radius 1 is 0.969 bits per heavy atom. The zero-order chi connectivity index (χ0) is 22.7. The number of fused-ring (bicyclic) bond motifs is 1. The number of urea groups is 1. The average Bonchev–Trinajstić information content (AvgIpc) is 2.76. The van der Waals surface area contributed by atoms with Gasteiger partial charge in [0.1, 0.15) is 5.75 Å². The van der Waals surface area contributed by atoms with Crippen molar-refractivity contribution in [2.45, 2.75) is 13.8 Å². The minimum absolute atomic E-state index is 0.390. The maximum Gasteiger partial charge on any atom is 0.323 e. The Morgan fingerprint density at radius 3 is 2.47 bits per heavy atom. The van der Waals surface area contributed by atoms with E-state index < -0.39 is 0 Å². The largest absolute Gasteiger partial charge is 0.493 e. The molecule has 0 saturated carbocycles. The van der Waals surface area contributed by atoms with Gasteiger partial charge in [-0.05, 0) is 61.9 Å². The molecule has 0 aliphatic rings. The Morgan fingerprint density at radius 2 is 1.75 bits per heavy atom. The second-order valence-corrected chi connectivity index (χ2v) is 8.08. The number of aromatic nitrogens is 1. The van der Waals surface area contributed by atoms with Crippen LogP contribution in [-0.2, 0) is 0 Å². The fourth-order valence-corrected chi connectivity index (χ4v) is 3.73. The number of pyridine rings is 1. The number of carbonyl (C=O) groups excluding carboxylic acids is 1. The number of carbonyl (C=O) groups is 1. The maximum absolute atomic E-state index is 12.5.